The monoisotopic (exact) mass is 293 g/mol. The second kappa shape index (κ2) is 5.51. The van der Waals surface area contributed by atoms with E-state index in [-0.39, 0.29) is 0 Å². The predicted octanol–water partition coefficient (Wildman–Crippen LogP) is 3.89. The van der Waals surface area contributed by atoms with Gasteiger partial charge in [-0.1, -0.05) is 29.8 Å². The van der Waals surface area contributed by atoms with Crippen molar-refractivity contribution in [3.63, 3.8) is 0 Å². The Balaban J connectivity index is 2.39. The van der Waals surface area contributed by atoms with E-state index in [9.17, 15) is 14.3 Å². The predicted molar refractivity (Wildman–Crippen MR) is 76.5 cm³/mol. The maximum atomic E-state index is 13.2. The molecule has 2 aromatic rings. The smallest absolute Gasteiger partial charge is 0.333 e. The van der Waals surface area contributed by atoms with E-state index in [1.54, 1.807) is 30.3 Å². The largest absolute Gasteiger partial charge is 0.479 e. The van der Waals surface area contributed by atoms with Crippen LogP contribution in [0.5, 0.6) is 0 Å². The van der Waals surface area contributed by atoms with Gasteiger partial charge in [0.1, 0.15) is 5.82 Å². The molecule has 0 fully saturated rings. The van der Waals surface area contributed by atoms with Gasteiger partial charge < -0.3 is 10.4 Å². The molecule has 20 heavy (non-hydrogen) atoms. The van der Waals surface area contributed by atoms with Gasteiger partial charge in [0.2, 0.25) is 0 Å². The van der Waals surface area contributed by atoms with Crippen LogP contribution in [0.15, 0.2) is 48.5 Å². The average molecular weight is 294 g/mol. The first-order valence-corrected chi connectivity index (χ1v) is 6.33. The average Bonchev–Trinajstić information content (AvgIpc) is 2.39. The highest BCUT2D eigenvalue weighted by Gasteiger charge is 2.35. The minimum Gasteiger partial charge on any atom is -0.479 e. The zero-order valence-corrected chi connectivity index (χ0v) is 11.5. The number of aliphatic carboxylic acids is 1. The fraction of sp³-hybridized carbons (Fsp3) is 0.133. The van der Waals surface area contributed by atoms with Crippen LogP contribution >= 0.6 is 11.6 Å². The Morgan fingerprint density at radius 2 is 1.90 bits per heavy atom. The Bertz CT molecular complexity index is 630. The third kappa shape index (κ3) is 2.91. The summed E-state index contributed by atoms with van der Waals surface area (Å²) in [5.74, 6) is -1.50. The topological polar surface area (TPSA) is 49.3 Å². The molecule has 1 unspecified atom stereocenters. The van der Waals surface area contributed by atoms with Gasteiger partial charge in [-0.2, -0.15) is 0 Å². The molecule has 1 atom stereocenters. The van der Waals surface area contributed by atoms with E-state index in [1.807, 2.05) is 0 Å². The number of anilines is 1. The minimum atomic E-state index is -1.38. The van der Waals surface area contributed by atoms with Crippen molar-refractivity contribution in [1.29, 1.82) is 0 Å². The molecule has 0 radical (unpaired) electrons. The number of benzene rings is 2. The summed E-state index contributed by atoms with van der Waals surface area (Å²) < 4.78 is 13.2. The molecule has 0 aliphatic carbocycles. The van der Waals surface area contributed by atoms with Crippen LogP contribution in [0.4, 0.5) is 10.1 Å². The highest BCUT2D eigenvalue weighted by atomic mass is 35.5. The molecule has 104 valence electrons. The number of halogens is 2. The fourth-order valence-corrected chi connectivity index (χ4v) is 2.01. The first-order chi connectivity index (χ1) is 9.41. The molecule has 0 amide bonds. The maximum Gasteiger partial charge on any atom is 0.333 e. The van der Waals surface area contributed by atoms with E-state index in [4.69, 9.17) is 11.6 Å². The highest BCUT2D eigenvalue weighted by Crippen LogP contribution is 2.28. The molecular formula is C15H13ClFNO2. The van der Waals surface area contributed by atoms with Crippen LogP contribution in [0.1, 0.15) is 12.5 Å². The van der Waals surface area contributed by atoms with Gasteiger partial charge in [-0.25, -0.2) is 9.18 Å². The van der Waals surface area contributed by atoms with Crippen molar-refractivity contribution >= 4 is 23.3 Å². The third-order valence-electron chi connectivity index (χ3n) is 3.07. The molecular weight excluding hydrogens is 281 g/mol. The van der Waals surface area contributed by atoms with Crippen LogP contribution in [0.2, 0.25) is 5.02 Å². The lowest BCUT2D eigenvalue weighted by molar-refractivity contribution is -0.142. The summed E-state index contributed by atoms with van der Waals surface area (Å²) in [5, 5.41) is 12.9. The van der Waals surface area contributed by atoms with Crippen LogP contribution in [-0.2, 0) is 10.3 Å². The number of hydrogen-bond donors (Lipinski definition) is 2. The molecule has 0 aliphatic heterocycles. The molecule has 0 bridgehead atoms. The van der Waals surface area contributed by atoms with Crippen molar-refractivity contribution in [3.05, 3.63) is 64.9 Å². The lowest BCUT2D eigenvalue weighted by atomic mass is 9.91. The number of carboxylic acid groups (broad SMARTS) is 1. The van der Waals surface area contributed by atoms with Crippen molar-refractivity contribution in [2.75, 3.05) is 5.32 Å². The number of nitrogens with one attached hydrogen (secondary N) is 1. The Hall–Kier alpha value is -2.07. The number of carboxylic acids is 1. The quantitative estimate of drug-likeness (QED) is 0.899. The van der Waals surface area contributed by atoms with Gasteiger partial charge in [0, 0.05) is 10.7 Å². The van der Waals surface area contributed by atoms with Crippen LogP contribution in [-0.4, -0.2) is 11.1 Å². The summed E-state index contributed by atoms with van der Waals surface area (Å²) in [4.78, 5) is 11.6. The van der Waals surface area contributed by atoms with Gasteiger partial charge in [0.15, 0.2) is 5.54 Å². The minimum absolute atomic E-state index is 0.393. The molecule has 3 nitrogen and oxygen atoms in total. The van der Waals surface area contributed by atoms with E-state index in [1.165, 1.54) is 25.1 Å². The van der Waals surface area contributed by atoms with E-state index >= 15 is 0 Å². The van der Waals surface area contributed by atoms with Gasteiger partial charge >= 0.3 is 5.97 Å². The molecule has 0 spiro atoms. The normalized spacial score (nSPS) is 13.6. The molecule has 2 aromatic carbocycles. The second-order valence-electron chi connectivity index (χ2n) is 4.57. The summed E-state index contributed by atoms with van der Waals surface area (Å²) >= 11 is 5.80. The summed E-state index contributed by atoms with van der Waals surface area (Å²) in [7, 11) is 0. The van der Waals surface area contributed by atoms with Crippen LogP contribution in [0, 0.1) is 5.82 Å². The Kier molecular flexibility index (Phi) is 3.95. The van der Waals surface area contributed by atoms with Gasteiger partial charge in [-0.05, 0) is 42.8 Å². The van der Waals surface area contributed by atoms with E-state index in [0.717, 1.165) is 0 Å². The summed E-state index contributed by atoms with van der Waals surface area (Å²) in [6.45, 7) is 1.52. The van der Waals surface area contributed by atoms with Crippen molar-refractivity contribution in [1.82, 2.24) is 0 Å². The molecule has 2 N–H and O–H groups in total. The number of hydrogen-bond acceptors (Lipinski definition) is 2. The van der Waals surface area contributed by atoms with Crippen LogP contribution in [0.3, 0.4) is 0 Å². The van der Waals surface area contributed by atoms with E-state index < -0.39 is 17.3 Å². The Labute approximate surface area is 121 Å². The number of carbonyl (C=O) groups is 1. The molecule has 0 saturated carbocycles. The fourth-order valence-electron chi connectivity index (χ4n) is 1.89. The van der Waals surface area contributed by atoms with Crippen molar-refractivity contribution in [3.8, 4) is 0 Å². The summed E-state index contributed by atoms with van der Waals surface area (Å²) in [6.07, 6.45) is 0. The van der Waals surface area contributed by atoms with Crippen LogP contribution < -0.4 is 5.32 Å². The zero-order chi connectivity index (χ0) is 14.8. The molecule has 0 aliphatic rings. The third-order valence-corrected chi connectivity index (χ3v) is 3.32. The Morgan fingerprint density at radius 1 is 1.25 bits per heavy atom. The first-order valence-electron chi connectivity index (χ1n) is 5.95. The van der Waals surface area contributed by atoms with Gasteiger partial charge in [-0.3, -0.25) is 0 Å². The van der Waals surface area contributed by atoms with E-state index in [0.29, 0.717) is 16.3 Å². The lowest BCUT2D eigenvalue weighted by Gasteiger charge is -2.28. The van der Waals surface area contributed by atoms with Gasteiger partial charge in [0.05, 0.1) is 0 Å². The second-order valence-corrected chi connectivity index (χ2v) is 5.01. The highest BCUT2D eigenvalue weighted by molar-refractivity contribution is 6.30. The molecule has 5 heteroatoms. The molecule has 0 aromatic heterocycles. The SMILES string of the molecule is CC(Nc1cccc(F)c1)(C(=O)O)c1ccc(Cl)cc1. The summed E-state index contributed by atoms with van der Waals surface area (Å²) in [5.41, 5.74) is -0.457. The molecule has 0 saturated heterocycles. The number of rotatable bonds is 4. The lowest BCUT2D eigenvalue weighted by Crippen LogP contribution is -2.40. The standard InChI is InChI=1S/C15H13ClFNO2/c1-15(14(19)20,10-5-7-11(16)8-6-10)18-13-4-2-3-12(17)9-13/h2-9,18H,1H3,(H,19,20). The molecule has 2 rings (SSSR count). The first kappa shape index (κ1) is 14.3. The van der Waals surface area contributed by atoms with Gasteiger partial charge in [-0.15, -0.1) is 0 Å². The van der Waals surface area contributed by atoms with E-state index in [2.05, 4.69) is 5.32 Å². The van der Waals surface area contributed by atoms with Crippen molar-refractivity contribution in [2.24, 2.45) is 0 Å². The van der Waals surface area contributed by atoms with Crippen molar-refractivity contribution in [2.45, 2.75) is 12.5 Å². The zero-order valence-electron chi connectivity index (χ0n) is 10.7. The Morgan fingerprint density at radius 3 is 2.45 bits per heavy atom. The maximum absolute atomic E-state index is 13.2. The van der Waals surface area contributed by atoms with Crippen LogP contribution in [0.25, 0.3) is 0 Å². The summed E-state index contributed by atoms with van der Waals surface area (Å²) in [6, 6.07) is 12.2. The molecule has 0 heterocycles. The van der Waals surface area contributed by atoms with Crippen molar-refractivity contribution < 1.29 is 14.3 Å². The van der Waals surface area contributed by atoms with Gasteiger partial charge in [0.25, 0.3) is 0 Å².